The van der Waals surface area contributed by atoms with Crippen LogP contribution in [-0.2, 0) is 17.0 Å². The molecular formula is C24H20FN3O4S. The van der Waals surface area contributed by atoms with E-state index in [1.165, 1.54) is 30.0 Å². The molecule has 3 aromatic carbocycles. The van der Waals surface area contributed by atoms with Crippen molar-refractivity contribution in [2.45, 2.75) is 24.4 Å². The predicted molar refractivity (Wildman–Crippen MR) is 124 cm³/mol. The molecule has 0 saturated heterocycles. The maximum absolute atomic E-state index is 13.8. The van der Waals surface area contributed by atoms with Gasteiger partial charge in [-0.05, 0) is 42.8 Å². The van der Waals surface area contributed by atoms with Crippen LogP contribution in [0.15, 0.2) is 71.9 Å². The average molecular weight is 466 g/mol. The fraction of sp³-hybridized carbons (Fsp3) is 0.167. The number of thioether (sulfide) groups is 1. The highest BCUT2D eigenvalue weighted by Gasteiger charge is 2.18. The summed E-state index contributed by atoms with van der Waals surface area (Å²) in [4.78, 5) is 27.8. The smallest absolute Gasteiger partial charge is 0.338 e. The van der Waals surface area contributed by atoms with Gasteiger partial charge in [-0.2, -0.15) is 0 Å². The van der Waals surface area contributed by atoms with Gasteiger partial charge >= 0.3 is 5.97 Å². The fourth-order valence-corrected chi connectivity index (χ4v) is 4.49. The van der Waals surface area contributed by atoms with E-state index < -0.39 is 10.9 Å². The van der Waals surface area contributed by atoms with Gasteiger partial charge in [0.25, 0.3) is 5.69 Å². The minimum absolute atomic E-state index is 0.0439. The molecule has 0 amide bonds. The second-order valence-corrected chi connectivity index (χ2v) is 8.15. The van der Waals surface area contributed by atoms with E-state index in [9.17, 15) is 19.3 Å². The molecule has 4 rings (SSSR count). The van der Waals surface area contributed by atoms with Crippen molar-refractivity contribution in [1.29, 1.82) is 0 Å². The van der Waals surface area contributed by atoms with Crippen LogP contribution >= 0.6 is 11.8 Å². The number of imidazole rings is 1. The number of halogens is 1. The summed E-state index contributed by atoms with van der Waals surface area (Å²) in [6, 6.07) is 18.0. The van der Waals surface area contributed by atoms with Gasteiger partial charge < -0.3 is 9.30 Å². The number of carbonyl (C=O) groups is 1. The van der Waals surface area contributed by atoms with Crippen LogP contribution in [0.1, 0.15) is 28.4 Å². The van der Waals surface area contributed by atoms with E-state index in [1.54, 1.807) is 49.4 Å². The molecule has 0 radical (unpaired) electrons. The standard InChI is InChI=1S/C24H20FN3O4S/c1-2-32-23(29)17-10-11-22-20(13-17)26-24(27(22)14-16-6-5-8-19(25)12-16)33-15-18-7-3-4-9-21(18)28(30)31/h3-13H,2,14-15H2,1H3. The Kier molecular flexibility index (Phi) is 6.69. The van der Waals surface area contributed by atoms with Crippen LogP contribution in [0.5, 0.6) is 0 Å². The summed E-state index contributed by atoms with van der Waals surface area (Å²) in [5.74, 6) is -0.446. The molecule has 4 aromatic rings. The molecule has 33 heavy (non-hydrogen) atoms. The van der Waals surface area contributed by atoms with Gasteiger partial charge in [0.15, 0.2) is 5.16 Å². The van der Waals surface area contributed by atoms with E-state index in [0.29, 0.717) is 34.1 Å². The van der Waals surface area contributed by atoms with Crippen LogP contribution in [0.25, 0.3) is 11.0 Å². The Morgan fingerprint density at radius 3 is 2.73 bits per heavy atom. The van der Waals surface area contributed by atoms with Crippen LogP contribution in [0.2, 0.25) is 0 Å². The number of hydrogen-bond donors (Lipinski definition) is 0. The highest BCUT2D eigenvalue weighted by atomic mass is 32.2. The van der Waals surface area contributed by atoms with Gasteiger partial charge in [0.2, 0.25) is 0 Å². The van der Waals surface area contributed by atoms with Crippen LogP contribution in [0.4, 0.5) is 10.1 Å². The van der Waals surface area contributed by atoms with E-state index in [1.807, 2.05) is 10.6 Å². The molecular weight excluding hydrogens is 445 g/mol. The number of ether oxygens (including phenoxy) is 1. The van der Waals surface area contributed by atoms with Crippen molar-refractivity contribution in [1.82, 2.24) is 9.55 Å². The number of nitrogens with zero attached hydrogens (tertiary/aromatic N) is 3. The summed E-state index contributed by atoms with van der Waals surface area (Å²) in [5.41, 5.74) is 3.09. The summed E-state index contributed by atoms with van der Waals surface area (Å²) >= 11 is 1.34. The lowest BCUT2D eigenvalue weighted by molar-refractivity contribution is -0.385. The second kappa shape index (κ2) is 9.83. The van der Waals surface area contributed by atoms with E-state index in [0.717, 1.165) is 11.1 Å². The lowest BCUT2D eigenvalue weighted by atomic mass is 10.2. The zero-order valence-corrected chi connectivity index (χ0v) is 18.5. The van der Waals surface area contributed by atoms with Crippen molar-refractivity contribution in [2.75, 3.05) is 6.61 Å². The van der Waals surface area contributed by atoms with Gasteiger partial charge in [-0.25, -0.2) is 14.2 Å². The zero-order valence-electron chi connectivity index (χ0n) is 17.7. The molecule has 0 aliphatic carbocycles. The molecule has 0 saturated carbocycles. The highest BCUT2D eigenvalue weighted by Crippen LogP contribution is 2.31. The first-order valence-electron chi connectivity index (χ1n) is 10.2. The molecule has 0 bridgehead atoms. The van der Waals surface area contributed by atoms with Crippen LogP contribution in [0.3, 0.4) is 0 Å². The van der Waals surface area contributed by atoms with E-state index in [2.05, 4.69) is 4.98 Å². The number of rotatable bonds is 8. The molecule has 0 spiro atoms. The van der Waals surface area contributed by atoms with E-state index in [-0.39, 0.29) is 18.1 Å². The molecule has 7 nitrogen and oxygen atoms in total. The Morgan fingerprint density at radius 2 is 1.97 bits per heavy atom. The maximum Gasteiger partial charge on any atom is 0.338 e. The third-order valence-corrected chi connectivity index (χ3v) is 6.02. The van der Waals surface area contributed by atoms with Gasteiger partial charge in [-0.3, -0.25) is 10.1 Å². The van der Waals surface area contributed by atoms with Gasteiger partial charge in [0.1, 0.15) is 5.82 Å². The number of hydrogen-bond acceptors (Lipinski definition) is 6. The van der Waals surface area contributed by atoms with E-state index in [4.69, 9.17) is 4.74 Å². The minimum atomic E-state index is -0.437. The van der Waals surface area contributed by atoms with Gasteiger partial charge in [-0.15, -0.1) is 0 Å². The summed E-state index contributed by atoms with van der Waals surface area (Å²) in [6.45, 7) is 2.36. The molecule has 1 aromatic heterocycles. The highest BCUT2D eigenvalue weighted by molar-refractivity contribution is 7.98. The lowest BCUT2D eigenvalue weighted by Gasteiger charge is -2.10. The average Bonchev–Trinajstić information content (AvgIpc) is 3.14. The van der Waals surface area contributed by atoms with Crippen molar-refractivity contribution in [3.8, 4) is 0 Å². The Balaban J connectivity index is 1.72. The Hall–Kier alpha value is -3.72. The number of esters is 1. The first-order chi connectivity index (χ1) is 16.0. The second-order valence-electron chi connectivity index (χ2n) is 7.21. The summed E-state index contributed by atoms with van der Waals surface area (Å²) < 4.78 is 20.8. The Bertz CT molecular complexity index is 1340. The van der Waals surface area contributed by atoms with Crippen LogP contribution < -0.4 is 0 Å². The van der Waals surface area contributed by atoms with Crippen molar-refractivity contribution in [3.63, 3.8) is 0 Å². The van der Waals surface area contributed by atoms with Gasteiger partial charge in [0, 0.05) is 17.4 Å². The van der Waals surface area contributed by atoms with Crippen LogP contribution in [-0.4, -0.2) is 27.1 Å². The maximum atomic E-state index is 13.8. The number of carbonyl (C=O) groups excluding carboxylic acids is 1. The van der Waals surface area contributed by atoms with Crippen LogP contribution in [0, 0.1) is 15.9 Å². The number of fused-ring (bicyclic) bond motifs is 1. The SMILES string of the molecule is CCOC(=O)c1ccc2c(c1)nc(SCc1ccccc1[N+](=O)[O-])n2Cc1cccc(F)c1. The molecule has 0 N–H and O–H groups in total. The predicted octanol–water partition coefficient (Wildman–Crippen LogP) is 5.60. The topological polar surface area (TPSA) is 87.3 Å². The first-order valence-corrected chi connectivity index (χ1v) is 11.2. The van der Waals surface area contributed by atoms with Crippen molar-refractivity contribution >= 4 is 34.5 Å². The minimum Gasteiger partial charge on any atom is -0.462 e. The molecule has 9 heteroatoms. The van der Waals surface area contributed by atoms with Crippen molar-refractivity contribution in [2.24, 2.45) is 0 Å². The number of nitro groups is 1. The number of aromatic nitrogens is 2. The van der Waals surface area contributed by atoms with Crippen molar-refractivity contribution in [3.05, 3.63) is 99.4 Å². The number of benzene rings is 3. The fourth-order valence-electron chi connectivity index (χ4n) is 3.48. The quantitative estimate of drug-likeness (QED) is 0.146. The summed E-state index contributed by atoms with van der Waals surface area (Å²) in [7, 11) is 0. The Morgan fingerprint density at radius 1 is 1.15 bits per heavy atom. The Labute approximate surface area is 193 Å². The molecule has 0 aliphatic rings. The third-order valence-electron chi connectivity index (χ3n) is 5.00. The first kappa shape index (κ1) is 22.5. The van der Waals surface area contributed by atoms with Gasteiger partial charge in [-0.1, -0.05) is 42.1 Å². The lowest BCUT2D eigenvalue weighted by Crippen LogP contribution is -2.05. The molecule has 0 atom stereocenters. The monoisotopic (exact) mass is 465 g/mol. The third kappa shape index (κ3) is 5.04. The number of nitro benzene ring substituents is 1. The molecule has 0 aliphatic heterocycles. The largest absolute Gasteiger partial charge is 0.462 e. The normalized spacial score (nSPS) is 11.0. The van der Waals surface area contributed by atoms with Crippen molar-refractivity contribution < 1.29 is 18.8 Å². The van der Waals surface area contributed by atoms with Gasteiger partial charge in [0.05, 0.1) is 34.7 Å². The van der Waals surface area contributed by atoms with E-state index >= 15 is 0 Å². The molecule has 0 fully saturated rings. The zero-order chi connectivity index (χ0) is 23.4. The summed E-state index contributed by atoms with van der Waals surface area (Å²) in [6.07, 6.45) is 0. The molecule has 168 valence electrons. The molecule has 1 heterocycles. The summed E-state index contributed by atoms with van der Waals surface area (Å²) in [5, 5.41) is 12.0. The number of para-hydroxylation sites is 1. The molecule has 0 unspecified atom stereocenters.